The molecular formula is C12H22O7. The van der Waals surface area contributed by atoms with Gasteiger partial charge in [0.15, 0.2) is 12.6 Å². The zero-order valence-electron chi connectivity index (χ0n) is 11.0. The maximum atomic E-state index is 9.89. The van der Waals surface area contributed by atoms with E-state index in [1.165, 1.54) is 0 Å². The number of aliphatic hydroxyl groups is 4. The lowest BCUT2D eigenvalue weighted by atomic mass is 10.0. The van der Waals surface area contributed by atoms with Gasteiger partial charge in [-0.3, -0.25) is 0 Å². The van der Waals surface area contributed by atoms with Gasteiger partial charge in [-0.15, -0.1) is 0 Å². The molecule has 0 amide bonds. The SMILES string of the molecule is C[C@H]1O[C@H](O[C@H]2[C@H](O)C[C@H](O)O[C@@H]2C)C[C@@H](O)[C@@H]1O. The van der Waals surface area contributed by atoms with Gasteiger partial charge in [0.2, 0.25) is 0 Å². The van der Waals surface area contributed by atoms with Gasteiger partial charge in [-0.05, 0) is 13.8 Å². The van der Waals surface area contributed by atoms with E-state index in [1.54, 1.807) is 13.8 Å². The van der Waals surface area contributed by atoms with Crippen LogP contribution in [0.5, 0.6) is 0 Å². The van der Waals surface area contributed by atoms with Gasteiger partial charge in [0.05, 0.1) is 24.4 Å². The maximum absolute atomic E-state index is 9.89. The Balaban J connectivity index is 1.93. The molecule has 0 aromatic heterocycles. The summed E-state index contributed by atoms with van der Waals surface area (Å²) in [6.07, 6.45) is -5.89. The Hall–Kier alpha value is -0.280. The van der Waals surface area contributed by atoms with Crippen molar-refractivity contribution in [3.8, 4) is 0 Å². The van der Waals surface area contributed by atoms with E-state index < -0.39 is 49.2 Å². The number of aliphatic hydroxyl groups excluding tert-OH is 4. The van der Waals surface area contributed by atoms with Crippen molar-refractivity contribution in [2.75, 3.05) is 0 Å². The normalized spacial score (nSPS) is 52.1. The minimum absolute atomic E-state index is 0.0719. The Kier molecular flexibility index (Phi) is 4.78. The van der Waals surface area contributed by atoms with Crippen molar-refractivity contribution in [1.29, 1.82) is 0 Å². The fraction of sp³-hybridized carbons (Fsp3) is 1.00. The maximum Gasteiger partial charge on any atom is 0.161 e. The quantitative estimate of drug-likeness (QED) is 0.498. The van der Waals surface area contributed by atoms with Crippen molar-refractivity contribution < 1.29 is 34.6 Å². The molecule has 4 N–H and O–H groups in total. The first-order valence-electron chi connectivity index (χ1n) is 6.57. The van der Waals surface area contributed by atoms with E-state index in [0.717, 1.165) is 0 Å². The standard InChI is InChI=1S/C12H22O7/c1-5-11(16)7(13)4-10(18-5)19-12-6(2)17-9(15)3-8(12)14/h5-16H,3-4H2,1-2H3/t5-,6-,7-,8-,9-,10-,11-,12-/m1/s1. The third-order valence-corrected chi connectivity index (χ3v) is 3.64. The lowest BCUT2D eigenvalue weighted by Gasteiger charge is -2.41. The van der Waals surface area contributed by atoms with E-state index in [9.17, 15) is 20.4 Å². The lowest BCUT2D eigenvalue weighted by molar-refractivity contribution is -0.306. The summed E-state index contributed by atoms with van der Waals surface area (Å²) in [4.78, 5) is 0. The number of rotatable bonds is 2. The van der Waals surface area contributed by atoms with Gasteiger partial charge in [-0.2, -0.15) is 0 Å². The number of hydrogen-bond acceptors (Lipinski definition) is 7. The predicted octanol–water partition coefficient (Wildman–Crippen LogP) is -1.28. The molecule has 0 bridgehead atoms. The van der Waals surface area contributed by atoms with E-state index in [2.05, 4.69) is 0 Å². The molecule has 8 atom stereocenters. The molecule has 2 rings (SSSR count). The van der Waals surface area contributed by atoms with Crippen LogP contribution in [0, 0.1) is 0 Å². The van der Waals surface area contributed by atoms with Crippen molar-refractivity contribution in [3.63, 3.8) is 0 Å². The molecule has 112 valence electrons. The van der Waals surface area contributed by atoms with Crippen LogP contribution in [0.2, 0.25) is 0 Å². The highest BCUT2D eigenvalue weighted by atomic mass is 16.7. The molecule has 0 radical (unpaired) electrons. The van der Waals surface area contributed by atoms with E-state index >= 15 is 0 Å². The summed E-state index contributed by atoms with van der Waals surface area (Å²) in [6.45, 7) is 3.33. The topological polar surface area (TPSA) is 109 Å². The second kappa shape index (κ2) is 6.01. The highest BCUT2D eigenvalue weighted by Crippen LogP contribution is 2.27. The molecule has 7 heteroatoms. The lowest BCUT2D eigenvalue weighted by Crippen LogP contribution is -2.53. The van der Waals surface area contributed by atoms with Crippen LogP contribution in [0.1, 0.15) is 26.7 Å². The van der Waals surface area contributed by atoms with Gasteiger partial charge in [-0.1, -0.05) is 0 Å². The second-order valence-electron chi connectivity index (χ2n) is 5.26. The van der Waals surface area contributed by atoms with Crippen LogP contribution in [0.3, 0.4) is 0 Å². The van der Waals surface area contributed by atoms with Crippen molar-refractivity contribution >= 4 is 0 Å². The van der Waals surface area contributed by atoms with Crippen molar-refractivity contribution in [2.45, 2.75) is 75.9 Å². The number of hydrogen-bond donors (Lipinski definition) is 4. The molecule has 19 heavy (non-hydrogen) atoms. The fourth-order valence-corrected chi connectivity index (χ4v) is 2.52. The van der Waals surface area contributed by atoms with Gasteiger partial charge in [0.1, 0.15) is 12.2 Å². The zero-order chi connectivity index (χ0) is 14.2. The van der Waals surface area contributed by atoms with Crippen molar-refractivity contribution in [2.24, 2.45) is 0 Å². The molecule has 0 spiro atoms. The van der Waals surface area contributed by atoms with Crippen LogP contribution in [0.4, 0.5) is 0 Å². The van der Waals surface area contributed by atoms with Crippen LogP contribution in [0.15, 0.2) is 0 Å². The smallest absolute Gasteiger partial charge is 0.161 e. The van der Waals surface area contributed by atoms with E-state index in [0.29, 0.717) is 0 Å². The third kappa shape index (κ3) is 3.43. The first kappa shape index (κ1) is 15.1. The molecule has 2 heterocycles. The average molecular weight is 278 g/mol. The van der Waals surface area contributed by atoms with Gasteiger partial charge >= 0.3 is 0 Å². The Bertz CT molecular complexity index is 276. The minimum Gasteiger partial charge on any atom is -0.390 e. The van der Waals surface area contributed by atoms with Crippen LogP contribution < -0.4 is 0 Å². The van der Waals surface area contributed by atoms with Crippen molar-refractivity contribution in [3.05, 3.63) is 0 Å². The molecule has 2 aliphatic heterocycles. The Morgan fingerprint density at radius 1 is 0.895 bits per heavy atom. The fourth-order valence-electron chi connectivity index (χ4n) is 2.52. The van der Waals surface area contributed by atoms with Gasteiger partial charge in [-0.25, -0.2) is 0 Å². The second-order valence-corrected chi connectivity index (χ2v) is 5.26. The molecule has 0 saturated carbocycles. The molecule has 0 aromatic carbocycles. The summed E-state index contributed by atoms with van der Waals surface area (Å²) in [5.41, 5.74) is 0. The Labute approximate surface area is 111 Å². The molecule has 2 saturated heterocycles. The zero-order valence-corrected chi connectivity index (χ0v) is 11.0. The summed E-state index contributed by atoms with van der Waals surface area (Å²) in [6, 6.07) is 0. The predicted molar refractivity (Wildman–Crippen MR) is 63.0 cm³/mol. The van der Waals surface area contributed by atoms with Crippen LogP contribution in [-0.2, 0) is 14.2 Å². The average Bonchev–Trinajstić information content (AvgIpc) is 2.30. The van der Waals surface area contributed by atoms with Gasteiger partial charge < -0.3 is 34.6 Å². The van der Waals surface area contributed by atoms with Crippen LogP contribution in [0.25, 0.3) is 0 Å². The largest absolute Gasteiger partial charge is 0.390 e. The van der Waals surface area contributed by atoms with Gasteiger partial charge in [0.25, 0.3) is 0 Å². The molecule has 0 aromatic rings. The van der Waals surface area contributed by atoms with E-state index in [4.69, 9.17) is 14.2 Å². The summed E-state index contributed by atoms with van der Waals surface area (Å²) in [5.74, 6) is 0. The summed E-state index contributed by atoms with van der Waals surface area (Å²) in [5, 5.41) is 38.5. The van der Waals surface area contributed by atoms with Gasteiger partial charge in [0, 0.05) is 12.8 Å². The molecule has 2 fully saturated rings. The minimum atomic E-state index is -0.997. The summed E-state index contributed by atoms with van der Waals surface area (Å²) < 4.78 is 16.2. The highest BCUT2D eigenvalue weighted by molar-refractivity contribution is 4.84. The first-order chi connectivity index (χ1) is 8.88. The molecule has 7 nitrogen and oxygen atoms in total. The van der Waals surface area contributed by atoms with Crippen molar-refractivity contribution in [1.82, 2.24) is 0 Å². The van der Waals surface area contributed by atoms with E-state index in [1.807, 2.05) is 0 Å². The first-order valence-corrected chi connectivity index (χ1v) is 6.57. The van der Waals surface area contributed by atoms with E-state index in [-0.39, 0.29) is 12.8 Å². The molecule has 2 aliphatic rings. The summed E-state index contributed by atoms with van der Waals surface area (Å²) >= 11 is 0. The highest BCUT2D eigenvalue weighted by Gasteiger charge is 2.41. The van der Waals surface area contributed by atoms with Crippen LogP contribution >= 0.6 is 0 Å². The Morgan fingerprint density at radius 2 is 1.58 bits per heavy atom. The Morgan fingerprint density at radius 3 is 2.16 bits per heavy atom. The number of ether oxygens (including phenoxy) is 3. The molecular weight excluding hydrogens is 256 g/mol. The molecule has 0 aliphatic carbocycles. The molecule has 0 unspecified atom stereocenters. The van der Waals surface area contributed by atoms with Crippen LogP contribution in [-0.4, -0.2) is 69.6 Å². The summed E-state index contributed by atoms with van der Waals surface area (Å²) in [7, 11) is 0. The monoisotopic (exact) mass is 278 g/mol. The third-order valence-electron chi connectivity index (χ3n) is 3.64.